The normalized spacial score (nSPS) is 12.9. The van der Waals surface area contributed by atoms with E-state index in [0.717, 1.165) is 22.8 Å². The first-order valence-electron chi connectivity index (χ1n) is 4.67. The lowest BCUT2D eigenvalue weighted by Crippen LogP contribution is -2.23. The Labute approximate surface area is 92.2 Å². The van der Waals surface area contributed by atoms with Gasteiger partial charge in [-0.25, -0.2) is 0 Å². The van der Waals surface area contributed by atoms with Crippen molar-refractivity contribution in [3.8, 4) is 0 Å². The Morgan fingerprint density at radius 3 is 3.07 bits per heavy atom. The molecular formula is C11H11ClN2O. The molecule has 78 valence electrons. The number of fused-ring (bicyclic) bond motifs is 1. The molecule has 0 aliphatic heterocycles. The Bertz CT molecular complexity index is 492. The third-order valence-corrected chi connectivity index (χ3v) is 2.59. The molecule has 0 amide bonds. The summed E-state index contributed by atoms with van der Waals surface area (Å²) in [4.78, 5) is 13.6. The van der Waals surface area contributed by atoms with Crippen LogP contribution in [0.15, 0.2) is 24.4 Å². The van der Waals surface area contributed by atoms with E-state index >= 15 is 0 Å². The number of nitrogens with two attached hydrogens (primary N) is 1. The summed E-state index contributed by atoms with van der Waals surface area (Å²) in [6.45, 7) is 0. The van der Waals surface area contributed by atoms with Crippen molar-refractivity contribution in [1.82, 2.24) is 4.98 Å². The van der Waals surface area contributed by atoms with Gasteiger partial charge in [0.1, 0.15) is 6.29 Å². The fourth-order valence-electron chi connectivity index (χ4n) is 1.62. The molecule has 1 aromatic carbocycles. The third kappa shape index (κ3) is 2.03. The Morgan fingerprint density at radius 2 is 2.33 bits per heavy atom. The van der Waals surface area contributed by atoms with E-state index in [9.17, 15) is 4.79 Å². The average molecular weight is 223 g/mol. The Morgan fingerprint density at radius 1 is 1.53 bits per heavy atom. The number of carbonyl (C=O) groups is 1. The Hall–Kier alpha value is -1.32. The zero-order chi connectivity index (χ0) is 10.8. The molecule has 3 nitrogen and oxygen atoms in total. The Kier molecular flexibility index (Phi) is 2.75. The molecular weight excluding hydrogens is 212 g/mol. The molecule has 0 radical (unpaired) electrons. The van der Waals surface area contributed by atoms with Gasteiger partial charge in [-0.2, -0.15) is 0 Å². The van der Waals surface area contributed by atoms with Crippen molar-refractivity contribution >= 4 is 28.8 Å². The van der Waals surface area contributed by atoms with E-state index in [4.69, 9.17) is 17.3 Å². The highest BCUT2D eigenvalue weighted by Crippen LogP contribution is 2.22. The summed E-state index contributed by atoms with van der Waals surface area (Å²) < 4.78 is 0. The molecule has 0 spiro atoms. The lowest BCUT2D eigenvalue weighted by Gasteiger charge is -2.02. The van der Waals surface area contributed by atoms with E-state index in [-0.39, 0.29) is 0 Å². The molecule has 3 N–H and O–H groups in total. The van der Waals surface area contributed by atoms with Crippen LogP contribution in [0.3, 0.4) is 0 Å². The molecule has 2 rings (SSSR count). The van der Waals surface area contributed by atoms with Crippen LogP contribution >= 0.6 is 11.6 Å². The maximum Gasteiger partial charge on any atom is 0.137 e. The number of benzene rings is 1. The average Bonchev–Trinajstić information content (AvgIpc) is 2.61. The van der Waals surface area contributed by atoms with Crippen molar-refractivity contribution in [2.45, 2.75) is 12.5 Å². The fourth-order valence-corrected chi connectivity index (χ4v) is 1.79. The van der Waals surface area contributed by atoms with Gasteiger partial charge in [0, 0.05) is 22.1 Å². The number of aromatic amines is 1. The molecule has 1 heterocycles. The molecule has 15 heavy (non-hydrogen) atoms. The molecule has 4 heteroatoms. The van der Waals surface area contributed by atoms with Crippen molar-refractivity contribution in [3.63, 3.8) is 0 Å². The van der Waals surface area contributed by atoms with Crippen LogP contribution < -0.4 is 5.73 Å². The second-order valence-corrected chi connectivity index (χ2v) is 3.94. The van der Waals surface area contributed by atoms with Gasteiger partial charge in [0.15, 0.2) is 0 Å². The molecule has 0 aliphatic carbocycles. The predicted octanol–water partition coefficient (Wildman–Crippen LogP) is 1.89. The van der Waals surface area contributed by atoms with Gasteiger partial charge in [0.05, 0.1) is 6.04 Å². The van der Waals surface area contributed by atoms with Gasteiger partial charge >= 0.3 is 0 Å². The summed E-state index contributed by atoms with van der Waals surface area (Å²) >= 11 is 5.90. The monoisotopic (exact) mass is 222 g/mol. The number of halogens is 1. The SMILES string of the molecule is N[C@H](C=O)Cc1c[nH]c2ccc(Cl)cc12. The fraction of sp³-hybridized carbons (Fsp3) is 0.182. The van der Waals surface area contributed by atoms with Crippen molar-refractivity contribution in [1.29, 1.82) is 0 Å². The van der Waals surface area contributed by atoms with Crippen LogP contribution in [0.1, 0.15) is 5.56 Å². The molecule has 0 fully saturated rings. The topological polar surface area (TPSA) is 58.9 Å². The van der Waals surface area contributed by atoms with Gasteiger partial charge in [0.25, 0.3) is 0 Å². The number of aromatic nitrogens is 1. The van der Waals surface area contributed by atoms with E-state index in [2.05, 4.69) is 4.98 Å². The van der Waals surface area contributed by atoms with E-state index in [1.54, 1.807) is 0 Å². The zero-order valence-electron chi connectivity index (χ0n) is 8.03. The maximum atomic E-state index is 10.5. The van der Waals surface area contributed by atoms with Gasteiger partial charge in [0.2, 0.25) is 0 Å². The second-order valence-electron chi connectivity index (χ2n) is 3.51. The van der Waals surface area contributed by atoms with E-state index in [1.807, 2.05) is 24.4 Å². The number of rotatable bonds is 3. The number of nitrogens with one attached hydrogen (secondary N) is 1. The minimum Gasteiger partial charge on any atom is -0.361 e. The highest BCUT2D eigenvalue weighted by molar-refractivity contribution is 6.31. The van der Waals surface area contributed by atoms with Crippen LogP contribution in [0.25, 0.3) is 10.9 Å². The van der Waals surface area contributed by atoms with Crippen molar-refractivity contribution in [3.05, 3.63) is 35.0 Å². The molecule has 0 unspecified atom stereocenters. The van der Waals surface area contributed by atoms with Gasteiger partial charge in [-0.3, -0.25) is 0 Å². The van der Waals surface area contributed by atoms with Gasteiger partial charge in [-0.15, -0.1) is 0 Å². The van der Waals surface area contributed by atoms with Gasteiger partial charge in [-0.05, 0) is 30.2 Å². The molecule has 1 atom stereocenters. The molecule has 0 aliphatic rings. The minimum absolute atomic E-state index is 0.456. The summed E-state index contributed by atoms with van der Waals surface area (Å²) in [6.07, 6.45) is 3.15. The van der Waals surface area contributed by atoms with Crippen molar-refractivity contribution in [2.24, 2.45) is 5.73 Å². The van der Waals surface area contributed by atoms with Crippen molar-refractivity contribution in [2.75, 3.05) is 0 Å². The number of H-pyrrole nitrogens is 1. The van der Waals surface area contributed by atoms with Crippen LogP contribution in [0.2, 0.25) is 5.02 Å². The number of hydrogen-bond donors (Lipinski definition) is 2. The summed E-state index contributed by atoms with van der Waals surface area (Å²) in [6, 6.07) is 5.15. The first kappa shape index (κ1) is 10.2. The molecule has 0 saturated carbocycles. The molecule has 2 aromatic rings. The predicted molar refractivity (Wildman–Crippen MR) is 61.1 cm³/mol. The summed E-state index contributed by atoms with van der Waals surface area (Å²) in [5, 5.41) is 1.71. The minimum atomic E-state index is -0.456. The summed E-state index contributed by atoms with van der Waals surface area (Å²) in [5.41, 5.74) is 7.61. The standard InChI is InChI=1S/C11H11ClN2O/c12-8-1-2-11-10(4-8)7(5-14-11)3-9(13)6-15/h1-2,4-6,9,14H,3,13H2/t9-/m0/s1. The van der Waals surface area contributed by atoms with Crippen LogP contribution in [-0.4, -0.2) is 17.3 Å². The highest BCUT2D eigenvalue weighted by atomic mass is 35.5. The molecule has 0 bridgehead atoms. The van der Waals surface area contributed by atoms with E-state index in [1.165, 1.54) is 0 Å². The smallest absolute Gasteiger partial charge is 0.137 e. The van der Waals surface area contributed by atoms with Gasteiger partial charge < -0.3 is 15.5 Å². The third-order valence-electron chi connectivity index (χ3n) is 2.36. The van der Waals surface area contributed by atoms with Crippen LogP contribution in [0.5, 0.6) is 0 Å². The zero-order valence-corrected chi connectivity index (χ0v) is 8.79. The summed E-state index contributed by atoms with van der Waals surface area (Å²) in [7, 11) is 0. The van der Waals surface area contributed by atoms with Crippen LogP contribution in [0, 0.1) is 0 Å². The number of hydrogen-bond acceptors (Lipinski definition) is 2. The lowest BCUT2D eigenvalue weighted by molar-refractivity contribution is -0.108. The van der Waals surface area contributed by atoms with E-state index in [0.29, 0.717) is 11.4 Å². The first-order valence-corrected chi connectivity index (χ1v) is 5.05. The summed E-state index contributed by atoms with van der Waals surface area (Å²) in [5.74, 6) is 0. The number of aldehydes is 1. The molecule has 1 aromatic heterocycles. The van der Waals surface area contributed by atoms with E-state index < -0.39 is 6.04 Å². The highest BCUT2D eigenvalue weighted by Gasteiger charge is 2.08. The first-order chi connectivity index (χ1) is 7.20. The van der Waals surface area contributed by atoms with Crippen LogP contribution in [0.4, 0.5) is 0 Å². The van der Waals surface area contributed by atoms with Gasteiger partial charge in [-0.1, -0.05) is 11.6 Å². The lowest BCUT2D eigenvalue weighted by atomic mass is 10.1. The Balaban J connectivity index is 2.43. The molecule has 0 saturated heterocycles. The maximum absolute atomic E-state index is 10.5. The van der Waals surface area contributed by atoms with Crippen molar-refractivity contribution < 1.29 is 4.79 Å². The second kappa shape index (κ2) is 4.04. The number of carbonyl (C=O) groups excluding carboxylic acids is 1. The van der Waals surface area contributed by atoms with Crippen LogP contribution in [-0.2, 0) is 11.2 Å². The quantitative estimate of drug-likeness (QED) is 0.780. The largest absolute Gasteiger partial charge is 0.361 e.